The van der Waals surface area contributed by atoms with E-state index in [-0.39, 0.29) is 0 Å². The van der Waals surface area contributed by atoms with Crippen LogP contribution in [0.3, 0.4) is 0 Å². The first-order valence-electron chi connectivity index (χ1n) is 5.87. The highest BCUT2D eigenvalue weighted by Crippen LogP contribution is 2.34. The van der Waals surface area contributed by atoms with Crippen molar-refractivity contribution < 1.29 is 0 Å². The van der Waals surface area contributed by atoms with Gasteiger partial charge in [-0.2, -0.15) is 0 Å². The van der Waals surface area contributed by atoms with Gasteiger partial charge < -0.3 is 10.2 Å². The molecule has 3 heterocycles. The Morgan fingerprint density at radius 1 is 1.56 bits per heavy atom. The van der Waals surface area contributed by atoms with Crippen LogP contribution in [0, 0.1) is 6.92 Å². The number of fused-ring (bicyclic) bond motifs is 1. The number of aryl methyl sites for hydroxylation is 1. The summed E-state index contributed by atoms with van der Waals surface area (Å²) in [4.78, 5) is 8.52. The summed E-state index contributed by atoms with van der Waals surface area (Å²) in [6.45, 7) is 6.47. The first-order chi connectivity index (χ1) is 7.75. The van der Waals surface area contributed by atoms with E-state index in [1.165, 1.54) is 10.4 Å². The van der Waals surface area contributed by atoms with E-state index in [9.17, 15) is 0 Å². The van der Waals surface area contributed by atoms with Crippen molar-refractivity contribution in [2.75, 3.05) is 13.1 Å². The van der Waals surface area contributed by atoms with Crippen LogP contribution < -0.4 is 5.32 Å². The van der Waals surface area contributed by atoms with Gasteiger partial charge in [0.25, 0.3) is 0 Å². The number of hydrogen-bond acceptors (Lipinski definition) is 4. The summed E-state index contributed by atoms with van der Waals surface area (Å²) in [6, 6.07) is 3.29. The Morgan fingerprint density at radius 3 is 3.19 bits per heavy atom. The third kappa shape index (κ3) is 1.52. The Morgan fingerprint density at radius 2 is 2.44 bits per heavy atom. The molecule has 0 aliphatic carbocycles. The highest BCUT2D eigenvalue weighted by molar-refractivity contribution is 7.10. The maximum atomic E-state index is 4.57. The Bertz CT molecular complexity index is 424. The van der Waals surface area contributed by atoms with Crippen LogP contribution in [0.5, 0.6) is 0 Å². The van der Waals surface area contributed by atoms with Gasteiger partial charge in [0.2, 0.25) is 0 Å². The third-order valence-electron chi connectivity index (χ3n) is 3.36. The predicted molar refractivity (Wildman–Crippen MR) is 68.0 cm³/mol. The summed E-state index contributed by atoms with van der Waals surface area (Å²) >= 11 is 1.88. The molecule has 0 bridgehead atoms. The molecule has 2 aliphatic heterocycles. The monoisotopic (exact) mass is 235 g/mol. The smallest absolute Gasteiger partial charge is 0.194 e. The second-order valence-corrected chi connectivity index (χ2v) is 5.62. The van der Waals surface area contributed by atoms with E-state index >= 15 is 0 Å². The van der Waals surface area contributed by atoms with Gasteiger partial charge in [-0.15, -0.1) is 11.3 Å². The molecule has 16 heavy (non-hydrogen) atoms. The van der Waals surface area contributed by atoms with Crippen LogP contribution in [0.2, 0.25) is 0 Å². The number of thiophene rings is 1. The molecular weight excluding hydrogens is 218 g/mol. The second-order valence-electron chi connectivity index (χ2n) is 4.68. The molecule has 4 heteroatoms. The number of rotatable bonds is 1. The van der Waals surface area contributed by atoms with Gasteiger partial charge in [-0.25, -0.2) is 0 Å². The average molecular weight is 235 g/mol. The Balaban J connectivity index is 1.93. The van der Waals surface area contributed by atoms with Crippen LogP contribution in [0.15, 0.2) is 16.4 Å². The van der Waals surface area contributed by atoms with Gasteiger partial charge in [0, 0.05) is 24.0 Å². The Labute approximate surface area is 100 Å². The fourth-order valence-electron chi connectivity index (χ4n) is 2.59. The van der Waals surface area contributed by atoms with Crippen molar-refractivity contribution in [1.29, 1.82) is 0 Å². The molecule has 2 aliphatic rings. The van der Waals surface area contributed by atoms with Crippen molar-refractivity contribution in [3.05, 3.63) is 21.9 Å². The van der Waals surface area contributed by atoms with Crippen molar-refractivity contribution in [2.24, 2.45) is 4.99 Å². The molecule has 0 spiro atoms. The van der Waals surface area contributed by atoms with Crippen molar-refractivity contribution in [1.82, 2.24) is 10.2 Å². The molecule has 1 aromatic heterocycles. The lowest BCUT2D eigenvalue weighted by Crippen LogP contribution is -2.37. The summed E-state index contributed by atoms with van der Waals surface area (Å²) in [7, 11) is 0. The summed E-state index contributed by atoms with van der Waals surface area (Å²) in [6.07, 6.45) is 1.15. The van der Waals surface area contributed by atoms with E-state index in [0.717, 1.165) is 25.5 Å². The van der Waals surface area contributed by atoms with Gasteiger partial charge in [0.1, 0.15) is 0 Å². The van der Waals surface area contributed by atoms with Crippen LogP contribution >= 0.6 is 11.3 Å². The molecule has 0 aromatic carbocycles. The normalized spacial score (nSPS) is 28.6. The van der Waals surface area contributed by atoms with E-state index < -0.39 is 0 Å². The SMILES string of the molecule is Cc1ccsc1C1CCN=C2NC(C)CN21. The second kappa shape index (κ2) is 3.77. The van der Waals surface area contributed by atoms with Crippen LogP contribution in [0.4, 0.5) is 0 Å². The van der Waals surface area contributed by atoms with Crippen LogP contribution in [-0.2, 0) is 0 Å². The summed E-state index contributed by atoms with van der Waals surface area (Å²) in [5.74, 6) is 1.11. The predicted octanol–water partition coefficient (Wildman–Crippen LogP) is 2.15. The van der Waals surface area contributed by atoms with Crippen LogP contribution in [0.25, 0.3) is 0 Å². The quantitative estimate of drug-likeness (QED) is 0.807. The van der Waals surface area contributed by atoms with E-state index in [1.54, 1.807) is 0 Å². The van der Waals surface area contributed by atoms with Gasteiger partial charge in [-0.3, -0.25) is 4.99 Å². The van der Waals surface area contributed by atoms with Crippen molar-refractivity contribution in [2.45, 2.75) is 32.4 Å². The molecule has 1 saturated heterocycles. The fraction of sp³-hybridized carbons (Fsp3) is 0.583. The zero-order valence-electron chi connectivity index (χ0n) is 9.73. The van der Waals surface area contributed by atoms with Gasteiger partial charge in [0.15, 0.2) is 5.96 Å². The first-order valence-corrected chi connectivity index (χ1v) is 6.75. The lowest BCUT2D eigenvalue weighted by Gasteiger charge is -2.31. The standard InChI is InChI=1S/C12H17N3S/c1-8-4-6-16-11(8)10-3-5-13-12-14-9(2)7-15(10)12/h4,6,9-10H,3,5,7H2,1-2H3,(H,13,14). The van der Waals surface area contributed by atoms with E-state index in [0.29, 0.717) is 12.1 Å². The highest BCUT2D eigenvalue weighted by atomic mass is 32.1. The molecule has 3 nitrogen and oxygen atoms in total. The topological polar surface area (TPSA) is 27.6 Å². The minimum absolute atomic E-state index is 0.527. The molecule has 2 atom stereocenters. The first kappa shape index (κ1) is 10.1. The van der Waals surface area contributed by atoms with Gasteiger partial charge in [0.05, 0.1) is 6.04 Å². The molecule has 1 N–H and O–H groups in total. The zero-order valence-corrected chi connectivity index (χ0v) is 10.5. The fourth-order valence-corrected chi connectivity index (χ4v) is 3.66. The van der Waals surface area contributed by atoms with Gasteiger partial charge in [-0.1, -0.05) is 0 Å². The lowest BCUT2D eigenvalue weighted by molar-refractivity contribution is 0.308. The number of nitrogens with one attached hydrogen (secondary N) is 1. The van der Waals surface area contributed by atoms with Gasteiger partial charge in [-0.05, 0) is 37.3 Å². The number of aliphatic imine (C=N–C) groups is 1. The number of nitrogens with zero attached hydrogens (tertiary/aromatic N) is 2. The minimum Gasteiger partial charge on any atom is -0.352 e. The summed E-state index contributed by atoms with van der Waals surface area (Å²) < 4.78 is 0. The maximum absolute atomic E-state index is 4.57. The van der Waals surface area contributed by atoms with Crippen molar-refractivity contribution in [3.8, 4) is 0 Å². The van der Waals surface area contributed by atoms with E-state index in [1.807, 2.05) is 11.3 Å². The molecule has 0 amide bonds. The largest absolute Gasteiger partial charge is 0.352 e. The molecular formula is C12H17N3S. The number of hydrogen-bond donors (Lipinski definition) is 1. The molecule has 0 saturated carbocycles. The van der Waals surface area contributed by atoms with Crippen molar-refractivity contribution in [3.63, 3.8) is 0 Å². The zero-order chi connectivity index (χ0) is 11.1. The third-order valence-corrected chi connectivity index (χ3v) is 4.48. The molecule has 0 radical (unpaired) electrons. The van der Waals surface area contributed by atoms with E-state index in [2.05, 4.69) is 40.5 Å². The van der Waals surface area contributed by atoms with E-state index in [4.69, 9.17) is 0 Å². The summed E-state index contributed by atoms with van der Waals surface area (Å²) in [5.41, 5.74) is 1.43. The molecule has 3 rings (SSSR count). The molecule has 86 valence electrons. The Kier molecular flexibility index (Phi) is 2.39. The van der Waals surface area contributed by atoms with Crippen LogP contribution in [-0.4, -0.2) is 30.0 Å². The van der Waals surface area contributed by atoms with Crippen LogP contribution in [0.1, 0.15) is 29.8 Å². The average Bonchev–Trinajstić information content (AvgIpc) is 2.82. The highest BCUT2D eigenvalue weighted by Gasteiger charge is 2.34. The van der Waals surface area contributed by atoms with Crippen molar-refractivity contribution >= 4 is 17.3 Å². The molecule has 2 unspecified atom stereocenters. The lowest BCUT2D eigenvalue weighted by atomic mass is 10.1. The summed E-state index contributed by atoms with van der Waals surface area (Å²) in [5, 5.41) is 5.65. The molecule has 1 fully saturated rings. The minimum atomic E-state index is 0.527. The molecule has 1 aromatic rings. The maximum Gasteiger partial charge on any atom is 0.194 e. The Hall–Kier alpha value is -1.03. The number of guanidine groups is 1. The van der Waals surface area contributed by atoms with Gasteiger partial charge >= 0.3 is 0 Å².